The van der Waals surface area contributed by atoms with E-state index in [2.05, 4.69) is 10.1 Å². The lowest BCUT2D eigenvalue weighted by Crippen LogP contribution is -2.09. The fourth-order valence-corrected chi connectivity index (χ4v) is 1.71. The minimum atomic E-state index is -0.639. The third-order valence-electron chi connectivity index (χ3n) is 2.60. The number of aromatic nitrogens is 2. The molecular formula is C14H17FN2O3. The van der Waals surface area contributed by atoms with E-state index in [0.717, 1.165) is 5.56 Å². The minimum Gasteiger partial charge on any atom is -0.345 e. The van der Waals surface area contributed by atoms with Crippen molar-refractivity contribution in [1.82, 2.24) is 10.1 Å². The summed E-state index contributed by atoms with van der Waals surface area (Å²) < 4.78 is 28.7. The summed E-state index contributed by atoms with van der Waals surface area (Å²) >= 11 is 0. The largest absolute Gasteiger partial charge is 0.345 e. The highest BCUT2D eigenvalue weighted by Gasteiger charge is 2.19. The summed E-state index contributed by atoms with van der Waals surface area (Å²) in [6.07, 6.45) is -0.172. The molecule has 1 aromatic carbocycles. The maximum atomic E-state index is 12.8. The molecule has 0 saturated carbocycles. The Morgan fingerprint density at radius 3 is 2.40 bits per heavy atom. The fraction of sp³-hybridized carbons (Fsp3) is 0.429. The summed E-state index contributed by atoms with van der Waals surface area (Å²) in [4.78, 5) is 4.24. The van der Waals surface area contributed by atoms with Crippen molar-refractivity contribution in [3.63, 3.8) is 0 Å². The summed E-state index contributed by atoms with van der Waals surface area (Å²) in [5.74, 6) is 0.539. The Balaban J connectivity index is 2.05. The summed E-state index contributed by atoms with van der Waals surface area (Å²) in [7, 11) is 0. The van der Waals surface area contributed by atoms with Gasteiger partial charge in [-0.3, -0.25) is 0 Å². The second-order valence-corrected chi connectivity index (χ2v) is 4.09. The second-order valence-electron chi connectivity index (χ2n) is 4.09. The van der Waals surface area contributed by atoms with Crippen LogP contribution in [0, 0.1) is 5.82 Å². The van der Waals surface area contributed by atoms with Gasteiger partial charge in [0.25, 0.3) is 5.89 Å². The second kappa shape index (κ2) is 7.12. The molecule has 20 heavy (non-hydrogen) atoms. The molecule has 5 nitrogen and oxygen atoms in total. The zero-order chi connectivity index (χ0) is 14.4. The first kappa shape index (κ1) is 14.6. The average molecular weight is 280 g/mol. The monoisotopic (exact) mass is 280 g/mol. The highest BCUT2D eigenvalue weighted by Crippen LogP contribution is 2.18. The highest BCUT2D eigenvalue weighted by molar-refractivity contribution is 5.19. The molecule has 0 atom stereocenters. The lowest BCUT2D eigenvalue weighted by Gasteiger charge is -2.11. The number of nitrogens with zero attached hydrogens (tertiary/aromatic N) is 2. The van der Waals surface area contributed by atoms with Gasteiger partial charge in [-0.1, -0.05) is 17.3 Å². The van der Waals surface area contributed by atoms with E-state index in [0.29, 0.717) is 31.3 Å². The van der Waals surface area contributed by atoms with Crippen LogP contribution in [0.4, 0.5) is 4.39 Å². The Morgan fingerprint density at radius 1 is 1.15 bits per heavy atom. The van der Waals surface area contributed by atoms with Gasteiger partial charge in [0.2, 0.25) is 6.29 Å². The molecule has 0 amide bonds. The van der Waals surface area contributed by atoms with E-state index < -0.39 is 6.29 Å². The van der Waals surface area contributed by atoms with Gasteiger partial charge in [-0.15, -0.1) is 0 Å². The third-order valence-corrected chi connectivity index (χ3v) is 2.60. The van der Waals surface area contributed by atoms with Crippen molar-refractivity contribution in [3.8, 4) is 0 Å². The Labute approximate surface area is 116 Å². The molecule has 0 aliphatic heterocycles. The molecule has 2 rings (SSSR count). The van der Waals surface area contributed by atoms with Crippen LogP contribution < -0.4 is 0 Å². The van der Waals surface area contributed by atoms with E-state index in [9.17, 15) is 4.39 Å². The molecule has 0 unspecified atom stereocenters. The van der Waals surface area contributed by atoms with Crippen LogP contribution >= 0.6 is 0 Å². The van der Waals surface area contributed by atoms with Gasteiger partial charge in [-0.05, 0) is 31.5 Å². The van der Waals surface area contributed by atoms with E-state index in [1.807, 2.05) is 13.8 Å². The van der Waals surface area contributed by atoms with E-state index >= 15 is 0 Å². The van der Waals surface area contributed by atoms with Crippen molar-refractivity contribution < 1.29 is 18.4 Å². The van der Waals surface area contributed by atoms with Crippen LogP contribution in [0.5, 0.6) is 0 Å². The molecule has 0 aliphatic carbocycles. The quantitative estimate of drug-likeness (QED) is 0.730. The zero-order valence-electron chi connectivity index (χ0n) is 11.5. The molecule has 6 heteroatoms. The van der Waals surface area contributed by atoms with E-state index in [-0.39, 0.29) is 5.82 Å². The van der Waals surface area contributed by atoms with Crippen LogP contribution in [0.15, 0.2) is 28.8 Å². The lowest BCUT2D eigenvalue weighted by molar-refractivity contribution is -0.155. The summed E-state index contributed by atoms with van der Waals surface area (Å²) in [6.45, 7) is 4.70. The Kier molecular flexibility index (Phi) is 5.20. The van der Waals surface area contributed by atoms with Gasteiger partial charge in [0.1, 0.15) is 5.82 Å². The molecule has 0 bridgehead atoms. The van der Waals surface area contributed by atoms with E-state index in [1.165, 1.54) is 12.1 Å². The average Bonchev–Trinajstić information content (AvgIpc) is 2.90. The number of hydrogen-bond donors (Lipinski definition) is 0. The maximum absolute atomic E-state index is 12.8. The molecule has 0 radical (unpaired) electrons. The van der Waals surface area contributed by atoms with E-state index in [4.69, 9.17) is 14.0 Å². The molecule has 2 aromatic rings. The molecule has 0 aliphatic rings. The number of rotatable bonds is 7. The van der Waals surface area contributed by atoms with E-state index in [1.54, 1.807) is 12.1 Å². The Morgan fingerprint density at radius 2 is 1.80 bits per heavy atom. The normalized spacial score (nSPS) is 11.2. The third kappa shape index (κ3) is 3.85. The Bertz CT molecular complexity index is 521. The molecule has 1 aromatic heterocycles. The van der Waals surface area contributed by atoms with Crippen LogP contribution in [0.2, 0.25) is 0 Å². The first-order chi connectivity index (χ1) is 9.72. The fourth-order valence-electron chi connectivity index (χ4n) is 1.71. The molecule has 1 heterocycles. The van der Waals surface area contributed by atoms with Crippen molar-refractivity contribution in [1.29, 1.82) is 0 Å². The molecule has 108 valence electrons. The maximum Gasteiger partial charge on any atom is 0.283 e. The first-order valence-electron chi connectivity index (χ1n) is 6.53. The lowest BCUT2D eigenvalue weighted by atomic mass is 10.1. The van der Waals surface area contributed by atoms with Gasteiger partial charge >= 0.3 is 0 Å². The van der Waals surface area contributed by atoms with Crippen molar-refractivity contribution >= 4 is 0 Å². The summed E-state index contributed by atoms with van der Waals surface area (Å²) in [6, 6.07) is 6.18. The van der Waals surface area contributed by atoms with Gasteiger partial charge < -0.3 is 14.0 Å². The zero-order valence-corrected chi connectivity index (χ0v) is 11.5. The van der Waals surface area contributed by atoms with Gasteiger partial charge in [0.05, 0.1) is 0 Å². The van der Waals surface area contributed by atoms with Crippen molar-refractivity contribution in [3.05, 3.63) is 47.4 Å². The topological polar surface area (TPSA) is 57.4 Å². The van der Waals surface area contributed by atoms with Gasteiger partial charge in [-0.25, -0.2) is 4.39 Å². The van der Waals surface area contributed by atoms with Crippen molar-refractivity contribution in [2.45, 2.75) is 26.6 Å². The van der Waals surface area contributed by atoms with Crippen LogP contribution in [0.25, 0.3) is 0 Å². The van der Waals surface area contributed by atoms with Gasteiger partial charge in [0, 0.05) is 19.6 Å². The molecule has 0 fully saturated rings. The first-order valence-corrected chi connectivity index (χ1v) is 6.53. The minimum absolute atomic E-state index is 0.268. The van der Waals surface area contributed by atoms with Crippen molar-refractivity contribution in [2.24, 2.45) is 0 Å². The van der Waals surface area contributed by atoms with Crippen molar-refractivity contribution in [2.75, 3.05) is 13.2 Å². The standard InChI is InChI=1S/C14H17FN2O3/c1-3-18-14(19-4-2)13-16-12(17-20-13)9-10-5-7-11(15)8-6-10/h5-8,14H,3-4,9H2,1-2H3. The predicted molar refractivity (Wildman–Crippen MR) is 69.5 cm³/mol. The van der Waals surface area contributed by atoms with Crippen LogP contribution in [-0.2, 0) is 15.9 Å². The predicted octanol–water partition coefficient (Wildman–Crippen LogP) is 2.87. The molecule has 0 N–H and O–H groups in total. The van der Waals surface area contributed by atoms with Crippen LogP contribution in [-0.4, -0.2) is 23.4 Å². The van der Waals surface area contributed by atoms with Gasteiger partial charge in [0.15, 0.2) is 5.82 Å². The molecular weight excluding hydrogens is 263 g/mol. The molecule has 0 spiro atoms. The van der Waals surface area contributed by atoms with Gasteiger partial charge in [-0.2, -0.15) is 4.98 Å². The highest BCUT2D eigenvalue weighted by atomic mass is 19.1. The summed E-state index contributed by atoms with van der Waals surface area (Å²) in [5.41, 5.74) is 0.906. The van der Waals surface area contributed by atoms with Crippen LogP contribution in [0.3, 0.4) is 0 Å². The van der Waals surface area contributed by atoms with Crippen LogP contribution in [0.1, 0.15) is 37.4 Å². The Hall–Kier alpha value is -1.79. The number of ether oxygens (including phenoxy) is 2. The number of hydrogen-bond acceptors (Lipinski definition) is 5. The number of benzene rings is 1. The smallest absolute Gasteiger partial charge is 0.283 e. The number of halogens is 1. The summed E-state index contributed by atoms with van der Waals surface area (Å²) in [5, 5.41) is 3.88. The SMILES string of the molecule is CCOC(OCC)c1nc(Cc2ccc(F)cc2)no1. The molecule has 0 saturated heterocycles.